The molecule has 0 amide bonds. The van der Waals surface area contributed by atoms with Crippen LogP contribution in [0.4, 0.5) is 14.5 Å². The summed E-state index contributed by atoms with van der Waals surface area (Å²) >= 11 is 5.92. The molecule has 0 spiro atoms. The Balaban J connectivity index is 1.94. The maximum atomic E-state index is 13.8. The van der Waals surface area contributed by atoms with E-state index in [2.05, 4.69) is 10.3 Å². The van der Waals surface area contributed by atoms with Crippen molar-refractivity contribution in [3.63, 3.8) is 0 Å². The molecular weight excluding hydrogens is 282 g/mol. The maximum Gasteiger partial charge on any atom is 0.150 e. The smallest absolute Gasteiger partial charge is 0.150 e. The van der Waals surface area contributed by atoms with E-state index in [1.807, 2.05) is 12.1 Å². The third-order valence-electron chi connectivity index (χ3n) is 3.52. The summed E-state index contributed by atoms with van der Waals surface area (Å²) < 4.78 is 26.9. The molecule has 1 N–H and O–H groups in total. The minimum absolute atomic E-state index is 0.0468. The summed E-state index contributed by atoms with van der Waals surface area (Å²) in [7, 11) is 0. The fraction of sp³-hybridized carbons (Fsp3) is 0.267. The van der Waals surface area contributed by atoms with Crippen LogP contribution in [0, 0.1) is 11.6 Å². The van der Waals surface area contributed by atoms with Crippen LogP contribution >= 0.6 is 11.6 Å². The third kappa shape index (κ3) is 2.48. The summed E-state index contributed by atoms with van der Waals surface area (Å²) in [5.74, 6) is -1.36. The van der Waals surface area contributed by atoms with Crippen molar-refractivity contribution in [3.05, 3.63) is 58.4 Å². The van der Waals surface area contributed by atoms with Gasteiger partial charge in [0.2, 0.25) is 0 Å². The fourth-order valence-corrected chi connectivity index (χ4v) is 2.85. The highest BCUT2D eigenvalue weighted by molar-refractivity contribution is 6.33. The number of hydrogen-bond acceptors (Lipinski definition) is 2. The number of halogens is 3. The number of nitrogens with one attached hydrogen (secondary N) is 1. The van der Waals surface area contributed by atoms with Crippen LogP contribution in [0.1, 0.15) is 30.1 Å². The second-order valence-corrected chi connectivity index (χ2v) is 5.29. The van der Waals surface area contributed by atoms with Gasteiger partial charge in [-0.1, -0.05) is 17.7 Å². The molecule has 0 aliphatic heterocycles. The van der Waals surface area contributed by atoms with E-state index in [-0.39, 0.29) is 16.8 Å². The highest BCUT2D eigenvalue weighted by Gasteiger charge is 2.23. The first kappa shape index (κ1) is 13.3. The van der Waals surface area contributed by atoms with Crippen LogP contribution in [-0.2, 0) is 6.42 Å². The van der Waals surface area contributed by atoms with Crippen molar-refractivity contribution >= 4 is 17.3 Å². The summed E-state index contributed by atoms with van der Waals surface area (Å²) in [5.41, 5.74) is 2.21. The standard InChI is InChI=1S/C15H13ClF2N2/c16-11-7-10(17)8-12(18)15(11)20-13-5-1-3-9-4-2-6-19-14(9)13/h2,4,6-8,13,20H,1,3,5H2. The summed E-state index contributed by atoms with van der Waals surface area (Å²) in [4.78, 5) is 4.37. The lowest BCUT2D eigenvalue weighted by Crippen LogP contribution is -2.19. The van der Waals surface area contributed by atoms with Crippen LogP contribution in [0.15, 0.2) is 30.5 Å². The SMILES string of the molecule is Fc1cc(F)c(NC2CCCc3cccnc32)c(Cl)c1. The Morgan fingerprint density at radius 3 is 2.95 bits per heavy atom. The van der Waals surface area contributed by atoms with E-state index in [0.29, 0.717) is 0 Å². The van der Waals surface area contributed by atoms with Crippen molar-refractivity contribution in [2.75, 3.05) is 5.32 Å². The van der Waals surface area contributed by atoms with E-state index in [9.17, 15) is 8.78 Å². The summed E-state index contributed by atoms with van der Waals surface area (Å²) in [6.07, 6.45) is 4.54. The molecule has 1 aliphatic rings. The van der Waals surface area contributed by atoms with Crippen LogP contribution in [-0.4, -0.2) is 4.98 Å². The van der Waals surface area contributed by atoms with Crippen LogP contribution in [0.5, 0.6) is 0 Å². The number of aryl methyl sites for hydroxylation is 1. The first-order chi connectivity index (χ1) is 9.65. The van der Waals surface area contributed by atoms with Gasteiger partial charge in [-0.15, -0.1) is 0 Å². The largest absolute Gasteiger partial charge is 0.373 e. The lowest BCUT2D eigenvalue weighted by atomic mass is 9.92. The lowest BCUT2D eigenvalue weighted by molar-refractivity contribution is 0.564. The number of hydrogen-bond donors (Lipinski definition) is 1. The molecule has 5 heteroatoms. The van der Waals surface area contributed by atoms with Gasteiger partial charge in [-0.3, -0.25) is 4.98 Å². The molecular formula is C15H13ClF2N2. The molecule has 1 aromatic heterocycles. The van der Waals surface area contributed by atoms with Crippen LogP contribution < -0.4 is 5.32 Å². The number of rotatable bonds is 2. The zero-order valence-electron chi connectivity index (χ0n) is 10.7. The number of nitrogens with zero attached hydrogens (tertiary/aromatic N) is 1. The van der Waals surface area contributed by atoms with E-state index < -0.39 is 11.6 Å². The van der Waals surface area contributed by atoms with Gasteiger partial charge in [0.25, 0.3) is 0 Å². The average molecular weight is 295 g/mol. The Kier molecular flexibility index (Phi) is 3.57. The zero-order valence-corrected chi connectivity index (χ0v) is 11.4. The van der Waals surface area contributed by atoms with Crippen molar-refractivity contribution in [3.8, 4) is 0 Å². The monoisotopic (exact) mass is 294 g/mol. The molecule has 0 radical (unpaired) electrons. The van der Waals surface area contributed by atoms with Gasteiger partial charge in [0.15, 0.2) is 5.82 Å². The predicted molar refractivity (Wildman–Crippen MR) is 74.9 cm³/mol. The van der Waals surface area contributed by atoms with E-state index in [1.54, 1.807) is 6.20 Å². The minimum atomic E-state index is -0.682. The first-order valence-corrected chi connectivity index (χ1v) is 6.88. The van der Waals surface area contributed by atoms with Crippen molar-refractivity contribution in [1.82, 2.24) is 4.98 Å². The second kappa shape index (κ2) is 5.37. The van der Waals surface area contributed by atoms with Gasteiger partial charge in [0, 0.05) is 12.3 Å². The average Bonchev–Trinajstić information content (AvgIpc) is 2.43. The molecule has 1 atom stereocenters. The highest BCUT2D eigenvalue weighted by Crippen LogP contribution is 2.34. The minimum Gasteiger partial charge on any atom is -0.373 e. The van der Waals surface area contributed by atoms with Crippen LogP contribution in [0.25, 0.3) is 0 Å². The Morgan fingerprint density at radius 1 is 1.30 bits per heavy atom. The Bertz CT molecular complexity index is 623. The first-order valence-electron chi connectivity index (χ1n) is 6.50. The molecule has 104 valence electrons. The van der Waals surface area contributed by atoms with Gasteiger partial charge in [-0.25, -0.2) is 8.78 Å². The topological polar surface area (TPSA) is 24.9 Å². The molecule has 2 nitrogen and oxygen atoms in total. The molecule has 1 unspecified atom stereocenters. The Morgan fingerprint density at radius 2 is 2.15 bits per heavy atom. The quantitative estimate of drug-likeness (QED) is 0.882. The molecule has 0 saturated heterocycles. The summed E-state index contributed by atoms with van der Waals surface area (Å²) in [6.45, 7) is 0. The third-order valence-corrected chi connectivity index (χ3v) is 3.82. The normalized spacial score (nSPS) is 17.6. The van der Waals surface area contributed by atoms with Gasteiger partial charge in [0.05, 0.1) is 22.4 Å². The molecule has 2 aromatic rings. The maximum absolute atomic E-state index is 13.8. The van der Waals surface area contributed by atoms with Crippen molar-refractivity contribution in [2.45, 2.75) is 25.3 Å². The van der Waals surface area contributed by atoms with E-state index in [4.69, 9.17) is 11.6 Å². The van der Waals surface area contributed by atoms with Gasteiger partial charge in [-0.05, 0) is 37.0 Å². The van der Waals surface area contributed by atoms with Gasteiger partial charge in [0.1, 0.15) is 5.82 Å². The number of fused-ring (bicyclic) bond motifs is 1. The van der Waals surface area contributed by atoms with Crippen molar-refractivity contribution in [1.29, 1.82) is 0 Å². The molecule has 1 aromatic carbocycles. The van der Waals surface area contributed by atoms with Crippen molar-refractivity contribution < 1.29 is 8.78 Å². The Hall–Kier alpha value is -1.68. The van der Waals surface area contributed by atoms with Crippen molar-refractivity contribution in [2.24, 2.45) is 0 Å². The molecule has 1 heterocycles. The summed E-state index contributed by atoms with van der Waals surface area (Å²) in [6, 6.07) is 5.76. The Labute approximate surface area is 120 Å². The molecule has 20 heavy (non-hydrogen) atoms. The number of aromatic nitrogens is 1. The molecule has 3 rings (SSSR count). The molecule has 0 saturated carbocycles. The van der Waals surface area contributed by atoms with Crippen LogP contribution in [0.3, 0.4) is 0 Å². The van der Waals surface area contributed by atoms with Gasteiger partial charge < -0.3 is 5.32 Å². The number of benzene rings is 1. The molecule has 0 bridgehead atoms. The van der Waals surface area contributed by atoms with E-state index in [1.165, 1.54) is 0 Å². The lowest BCUT2D eigenvalue weighted by Gasteiger charge is -2.26. The van der Waals surface area contributed by atoms with E-state index >= 15 is 0 Å². The summed E-state index contributed by atoms with van der Waals surface area (Å²) in [5, 5.41) is 3.11. The van der Waals surface area contributed by atoms with Gasteiger partial charge >= 0.3 is 0 Å². The second-order valence-electron chi connectivity index (χ2n) is 4.88. The zero-order chi connectivity index (χ0) is 14.1. The van der Waals surface area contributed by atoms with Gasteiger partial charge in [-0.2, -0.15) is 0 Å². The fourth-order valence-electron chi connectivity index (χ4n) is 2.60. The van der Waals surface area contributed by atoms with Crippen LogP contribution in [0.2, 0.25) is 5.02 Å². The highest BCUT2D eigenvalue weighted by atomic mass is 35.5. The molecule has 1 aliphatic carbocycles. The molecule has 0 fully saturated rings. The predicted octanol–water partition coefficient (Wildman–Crippen LogP) is 4.50. The number of pyridine rings is 1. The number of anilines is 1. The van der Waals surface area contributed by atoms with E-state index in [0.717, 1.165) is 42.7 Å².